The Morgan fingerprint density at radius 1 is 1.22 bits per heavy atom. The number of carbonyl (C=O) groups excluding carboxylic acids is 1. The molecule has 1 atom stereocenters. The molecule has 1 unspecified atom stereocenters. The second kappa shape index (κ2) is 7.14. The Morgan fingerprint density at radius 2 is 2.04 bits per heavy atom. The summed E-state index contributed by atoms with van der Waals surface area (Å²) in [7, 11) is 0. The van der Waals surface area contributed by atoms with Crippen LogP contribution >= 0.6 is 0 Å². The summed E-state index contributed by atoms with van der Waals surface area (Å²) < 4.78 is 0. The van der Waals surface area contributed by atoms with Gasteiger partial charge >= 0.3 is 0 Å². The van der Waals surface area contributed by atoms with Gasteiger partial charge in [-0.15, -0.1) is 0 Å². The number of amides is 1. The van der Waals surface area contributed by atoms with Crippen molar-refractivity contribution in [1.29, 1.82) is 0 Å². The molecule has 1 aliphatic heterocycles. The number of hydrogen-bond donors (Lipinski definition) is 2. The number of aromatic amines is 1. The molecular weight excluding hydrogens is 342 g/mol. The topological polar surface area (TPSA) is 114 Å². The molecule has 3 N–H and O–H groups in total. The van der Waals surface area contributed by atoms with E-state index < -0.39 is 0 Å². The van der Waals surface area contributed by atoms with Crippen LogP contribution in [0.2, 0.25) is 0 Å². The molecular formula is C19H21N7O. The van der Waals surface area contributed by atoms with Crippen LogP contribution in [0.15, 0.2) is 36.7 Å². The minimum atomic E-state index is 0.0252. The third-order valence-corrected chi connectivity index (χ3v) is 4.77. The Morgan fingerprint density at radius 3 is 2.74 bits per heavy atom. The number of aryl methyl sites for hydroxylation is 1. The van der Waals surface area contributed by atoms with Crippen molar-refractivity contribution in [1.82, 2.24) is 30.0 Å². The number of aromatic nitrogens is 5. The van der Waals surface area contributed by atoms with Crippen LogP contribution in [0, 0.1) is 6.92 Å². The first-order chi connectivity index (χ1) is 13.1. The van der Waals surface area contributed by atoms with E-state index in [1.54, 1.807) is 6.20 Å². The molecule has 1 fully saturated rings. The van der Waals surface area contributed by atoms with E-state index in [0.29, 0.717) is 23.6 Å². The summed E-state index contributed by atoms with van der Waals surface area (Å²) in [5.74, 6) is 2.16. The molecule has 27 heavy (non-hydrogen) atoms. The highest BCUT2D eigenvalue weighted by Gasteiger charge is 2.27. The lowest BCUT2D eigenvalue weighted by Crippen LogP contribution is -2.39. The first kappa shape index (κ1) is 17.1. The number of nitrogen functional groups attached to an aromatic ring is 1. The molecule has 8 nitrogen and oxygen atoms in total. The summed E-state index contributed by atoms with van der Waals surface area (Å²) in [6, 6.07) is 7.39. The van der Waals surface area contributed by atoms with Crippen LogP contribution in [0.25, 0.3) is 11.3 Å². The fourth-order valence-electron chi connectivity index (χ4n) is 3.40. The van der Waals surface area contributed by atoms with E-state index in [4.69, 9.17) is 5.73 Å². The van der Waals surface area contributed by atoms with Gasteiger partial charge in [0.25, 0.3) is 5.91 Å². The Labute approximate surface area is 156 Å². The molecule has 0 aliphatic carbocycles. The first-order valence-corrected chi connectivity index (χ1v) is 8.96. The number of rotatable bonds is 3. The number of hydrogen-bond acceptors (Lipinski definition) is 6. The minimum Gasteiger partial charge on any atom is -0.382 e. The lowest BCUT2D eigenvalue weighted by molar-refractivity contribution is 0.0704. The molecule has 3 heterocycles. The van der Waals surface area contributed by atoms with E-state index in [-0.39, 0.29) is 11.8 Å². The van der Waals surface area contributed by atoms with Crippen LogP contribution in [0.1, 0.15) is 40.8 Å². The molecule has 1 aliphatic rings. The lowest BCUT2D eigenvalue weighted by Gasteiger charge is -2.31. The van der Waals surface area contributed by atoms with Crippen molar-refractivity contribution in [3.63, 3.8) is 0 Å². The zero-order chi connectivity index (χ0) is 18.8. The number of benzene rings is 1. The van der Waals surface area contributed by atoms with Gasteiger partial charge in [0.05, 0.1) is 18.1 Å². The summed E-state index contributed by atoms with van der Waals surface area (Å²) in [6.45, 7) is 3.27. The Kier molecular flexibility index (Phi) is 4.53. The molecule has 1 amide bonds. The largest absolute Gasteiger partial charge is 0.382 e. The Bertz CT molecular complexity index is 951. The van der Waals surface area contributed by atoms with Crippen LogP contribution in [0.5, 0.6) is 0 Å². The molecule has 4 rings (SSSR count). The van der Waals surface area contributed by atoms with Crippen molar-refractivity contribution in [2.75, 3.05) is 18.8 Å². The van der Waals surface area contributed by atoms with Gasteiger partial charge in [-0.1, -0.05) is 12.1 Å². The number of nitrogens with zero attached hydrogens (tertiary/aromatic N) is 5. The predicted octanol–water partition coefficient (Wildman–Crippen LogP) is 2.17. The highest BCUT2D eigenvalue weighted by Crippen LogP contribution is 2.26. The number of anilines is 1. The summed E-state index contributed by atoms with van der Waals surface area (Å²) in [5, 5.41) is 7.14. The van der Waals surface area contributed by atoms with Crippen LogP contribution in [-0.2, 0) is 0 Å². The van der Waals surface area contributed by atoms with Crippen LogP contribution < -0.4 is 5.73 Å². The highest BCUT2D eigenvalue weighted by molar-refractivity contribution is 5.94. The number of carbonyl (C=O) groups is 1. The van der Waals surface area contributed by atoms with E-state index in [0.717, 1.165) is 36.6 Å². The minimum absolute atomic E-state index is 0.0252. The van der Waals surface area contributed by atoms with Gasteiger partial charge in [0.2, 0.25) is 0 Å². The maximum atomic E-state index is 12.9. The molecule has 0 spiro atoms. The van der Waals surface area contributed by atoms with Crippen LogP contribution in [0.4, 0.5) is 5.82 Å². The normalized spacial score (nSPS) is 17.1. The molecule has 3 aromatic rings. The number of nitrogens with two attached hydrogens (primary N) is 1. The van der Waals surface area contributed by atoms with E-state index in [9.17, 15) is 4.79 Å². The number of piperidine rings is 1. The van der Waals surface area contributed by atoms with Crippen LogP contribution in [-0.4, -0.2) is 49.0 Å². The van der Waals surface area contributed by atoms with Gasteiger partial charge in [0.1, 0.15) is 11.6 Å². The maximum Gasteiger partial charge on any atom is 0.253 e. The van der Waals surface area contributed by atoms with Crippen molar-refractivity contribution < 1.29 is 4.79 Å². The summed E-state index contributed by atoms with van der Waals surface area (Å²) in [4.78, 5) is 27.5. The third kappa shape index (κ3) is 3.64. The van der Waals surface area contributed by atoms with E-state index in [2.05, 4.69) is 25.1 Å². The summed E-state index contributed by atoms with van der Waals surface area (Å²) in [6.07, 6.45) is 5.10. The molecule has 2 aromatic heterocycles. The lowest BCUT2D eigenvalue weighted by atomic mass is 9.96. The van der Waals surface area contributed by atoms with Gasteiger partial charge in [0.15, 0.2) is 5.82 Å². The van der Waals surface area contributed by atoms with Gasteiger partial charge < -0.3 is 10.6 Å². The highest BCUT2D eigenvalue weighted by atomic mass is 16.2. The standard InChI is InChI=1S/C19H21N7O/c1-12-22-18(25-24-12)15-3-2-8-26(11-15)19(27)14-6-4-13(5-7-14)16-9-21-10-17(20)23-16/h4-7,9-10,15H,2-3,8,11H2,1H3,(H2,20,23)(H,22,24,25). The van der Waals surface area contributed by atoms with E-state index in [1.165, 1.54) is 6.20 Å². The smallest absolute Gasteiger partial charge is 0.253 e. The number of likely N-dealkylation sites (tertiary alicyclic amines) is 1. The number of H-pyrrole nitrogens is 1. The Hall–Kier alpha value is -3.29. The monoisotopic (exact) mass is 363 g/mol. The maximum absolute atomic E-state index is 12.9. The number of nitrogens with one attached hydrogen (secondary N) is 1. The average molecular weight is 363 g/mol. The zero-order valence-electron chi connectivity index (χ0n) is 15.1. The van der Waals surface area contributed by atoms with Crippen molar-refractivity contribution in [3.8, 4) is 11.3 Å². The molecule has 1 saturated heterocycles. The van der Waals surface area contributed by atoms with E-state index in [1.807, 2.05) is 36.1 Å². The van der Waals surface area contributed by atoms with Crippen molar-refractivity contribution in [2.45, 2.75) is 25.7 Å². The summed E-state index contributed by atoms with van der Waals surface area (Å²) in [5.41, 5.74) is 7.90. The van der Waals surface area contributed by atoms with Crippen molar-refractivity contribution in [3.05, 3.63) is 53.9 Å². The van der Waals surface area contributed by atoms with Gasteiger partial charge in [-0.05, 0) is 31.9 Å². The van der Waals surface area contributed by atoms with E-state index >= 15 is 0 Å². The fraction of sp³-hybridized carbons (Fsp3) is 0.316. The second-order valence-electron chi connectivity index (χ2n) is 6.78. The van der Waals surface area contributed by atoms with Gasteiger partial charge in [-0.2, -0.15) is 5.10 Å². The van der Waals surface area contributed by atoms with Gasteiger partial charge in [0, 0.05) is 30.1 Å². The van der Waals surface area contributed by atoms with Crippen LogP contribution in [0.3, 0.4) is 0 Å². The fourth-order valence-corrected chi connectivity index (χ4v) is 3.40. The SMILES string of the molecule is Cc1nc(C2CCCN(C(=O)c3ccc(-c4cncc(N)n4)cc3)C2)n[nH]1. The van der Waals surface area contributed by atoms with Gasteiger partial charge in [-0.3, -0.25) is 14.9 Å². The first-order valence-electron chi connectivity index (χ1n) is 8.96. The molecule has 8 heteroatoms. The second-order valence-corrected chi connectivity index (χ2v) is 6.78. The van der Waals surface area contributed by atoms with Crippen molar-refractivity contribution >= 4 is 11.7 Å². The molecule has 0 bridgehead atoms. The molecule has 0 radical (unpaired) electrons. The van der Waals surface area contributed by atoms with Gasteiger partial charge in [-0.25, -0.2) is 9.97 Å². The quantitative estimate of drug-likeness (QED) is 0.737. The van der Waals surface area contributed by atoms with Crippen molar-refractivity contribution in [2.24, 2.45) is 0 Å². The molecule has 0 saturated carbocycles. The molecule has 138 valence electrons. The third-order valence-electron chi connectivity index (χ3n) is 4.77. The average Bonchev–Trinajstić information content (AvgIpc) is 3.14. The Balaban J connectivity index is 1.49. The summed E-state index contributed by atoms with van der Waals surface area (Å²) >= 11 is 0. The predicted molar refractivity (Wildman–Crippen MR) is 101 cm³/mol. The zero-order valence-corrected chi connectivity index (χ0v) is 15.1. The molecule has 1 aromatic carbocycles.